The van der Waals surface area contributed by atoms with Gasteiger partial charge in [-0.05, 0) is 38.7 Å². The maximum Gasteiger partial charge on any atom is 0.306 e. The zero-order valence-corrected chi connectivity index (χ0v) is 33.5. The van der Waals surface area contributed by atoms with Gasteiger partial charge in [-0.2, -0.15) is 0 Å². The lowest BCUT2D eigenvalue weighted by Gasteiger charge is -2.23. The Morgan fingerprint density at radius 3 is 1.42 bits per heavy atom. The van der Waals surface area contributed by atoms with Gasteiger partial charge in [-0.3, -0.25) is 9.59 Å². The molecule has 0 N–H and O–H groups in total. The Kier molecular flexibility index (Phi) is 22.0. The second-order valence-electron chi connectivity index (χ2n) is 14.3. The molecule has 0 bridgehead atoms. The van der Waals surface area contributed by atoms with E-state index in [0.717, 1.165) is 117 Å². The first-order valence-corrected chi connectivity index (χ1v) is 20.7. The number of unbranched alkanes of at least 4 members (excludes halogenated alkanes) is 10. The van der Waals surface area contributed by atoms with Crippen LogP contribution in [0, 0.1) is 6.92 Å². The first-order valence-electron chi connectivity index (χ1n) is 20.7. The fourth-order valence-electron chi connectivity index (χ4n) is 6.33. The lowest BCUT2D eigenvalue weighted by Crippen LogP contribution is -2.30. The van der Waals surface area contributed by atoms with Crippen molar-refractivity contribution in [3.63, 3.8) is 0 Å². The predicted molar refractivity (Wildman–Crippen MR) is 215 cm³/mol. The predicted octanol–water partition coefficient (Wildman–Crippen LogP) is 11.2. The highest BCUT2D eigenvalue weighted by Gasteiger charge is 2.22. The molecule has 0 spiro atoms. The first-order chi connectivity index (χ1) is 25.9. The number of carbonyl (C=O) groups is 2. The number of esters is 2. The molecule has 0 aliphatic heterocycles. The van der Waals surface area contributed by atoms with Crippen LogP contribution in [0.15, 0.2) is 42.5 Å². The number of hydrogen-bond donors (Lipinski definition) is 0. The van der Waals surface area contributed by atoms with Gasteiger partial charge in [0.1, 0.15) is 24.7 Å². The van der Waals surface area contributed by atoms with Gasteiger partial charge in [0.15, 0.2) is 12.2 Å². The number of benzene rings is 3. The molecule has 0 aliphatic rings. The van der Waals surface area contributed by atoms with Gasteiger partial charge in [0.05, 0.1) is 13.2 Å². The summed E-state index contributed by atoms with van der Waals surface area (Å²) in [5.41, 5.74) is 1.08. The number of carbonyl (C=O) groups excluding carboxylic acids is 2. The number of ether oxygens (including phenoxy) is 6. The van der Waals surface area contributed by atoms with Crippen LogP contribution >= 0.6 is 0 Å². The number of aryl methyl sites for hydroxylation is 1. The zero-order valence-electron chi connectivity index (χ0n) is 33.5. The topological polar surface area (TPSA) is 89.5 Å². The normalized spacial score (nSPS) is 12.5. The van der Waals surface area contributed by atoms with Crippen LogP contribution in [0.5, 0.6) is 11.5 Å². The third-order valence-electron chi connectivity index (χ3n) is 9.36. The van der Waals surface area contributed by atoms with Crippen LogP contribution in [0.1, 0.15) is 136 Å². The van der Waals surface area contributed by atoms with Crippen LogP contribution in [0.3, 0.4) is 0 Å². The van der Waals surface area contributed by atoms with Crippen molar-refractivity contribution in [2.24, 2.45) is 0 Å². The average Bonchev–Trinajstić information content (AvgIpc) is 3.15. The molecule has 0 aromatic heterocycles. The van der Waals surface area contributed by atoms with E-state index in [-0.39, 0.29) is 38.4 Å². The van der Waals surface area contributed by atoms with Crippen molar-refractivity contribution in [3.05, 3.63) is 48.0 Å². The third kappa shape index (κ3) is 16.3. The zero-order chi connectivity index (χ0) is 38.1. The summed E-state index contributed by atoms with van der Waals surface area (Å²) in [7, 11) is 0. The monoisotopic (exact) mass is 736 g/mol. The molecule has 8 nitrogen and oxygen atoms in total. The number of rotatable bonds is 30. The molecule has 0 heterocycles. The molecule has 8 heteroatoms. The SMILES string of the molecule is CCCCCCC(=O)OC(COCCCCC)COc1c2ccccc2c(OCC(COCCCCC)OC(=O)CCCCCC)c2cc(C)ccc12. The fourth-order valence-corrected chi connectivity index (χ4v) is 6.33. The summed E-state index contributed by atoms with van der Waals surface area (Å²) < 4.78 is 37.1. The number of hydrogen-bond acceptors (Lipinski definition) is 8. The van der Waals surface area contributed by atoms with Gasteiger partial charge in [-0.1, -0.05) is 134 Å². The van der Waals surface area contributed by atoms with Crippen molar-refractivity contribution in [1.82, 2.24) is 0 Å². The van der Waals surface area contributed by atoms with Crippen LogP contribution in [-0.2, 0) is 28.5 Å². The largest absolute Gasteiger partial charge is 0.488 e. The minimum atomic E-state index is -0.542. The molecule has 0 fully saturated rings. The second kappa shape index (κ2) is 26.4. The molecular formula is C45H68O8. The van der Waals surface area contributed by atoms with E-state index in [1.807, 2.05) is 24.3 Å². The van der Waals surface area contributed by atoms with Crippen molar-refractivity contribution in [2.75, 3.05) is 39.6 Å². The summed E-state index contributed by atoms with van der Waals surface area (Å²) in [5.74, 6) is 0.974. The molecule has 0 saturated heterocycles. The molecule has 2 unspecified atom stereocenters. The maximum atomic E-state index is 12.9. The molecule has 3 aromatic carbocycles. The Balaban J connectivity index is 1.86. The molecule has 296 valence electrons. The summed E-state index contributed by atoms with van der Waals surface area (Å²) in [6.45, 7) is 12.8. The van der Waals surface area contributed by atoms with E-state index < -0.39 is 12.2 Å². The van der Waals surface area contributed by atoms with Gasteiger partial charge in [-0.15, -0.1) is 0 Å². The molecule has 0 aliphatic carbocycles. The minimum Gasteiger partial charge on any atom is -0.488 e. The van der Waals surface area contributed by atoms with E-state index >= 15 is 0 Å². The summed E-state index contributed by atoms with van der Waals surface area (Å²) in [5, 5.41) is 3.55. The van der Waals surface area contributed by atoms with E-state index in [1.165, 1.54) is 0 Å². The van der Waals surface area contributed by atoms with E-state index in [9.17, 15) is 9.59 Å². The minimum absolute atomic E-state index is 0.160. The second-order valence-corrected chi connectivity index (χ2v) is 14.3. The van der Waals surface area contributed by atoms with Crippen molar-refractivity contribution in [2.45, 2.75) is 150 Å². The summed E-state index contributed by atoms with van der Waals surface area (Å²) in [6, 6.07) is 14.2. The van der Waals surface area contributed by atoms with Crippen molar-refractivity contribution >= 4 is 33.5 Å². The van der Waals surface area contributed by atoms with Gasteiger partial charge in [0, 0.05) is 47.6 Å². The van der Waals surface area contributed by atoms with Crippen LogP contribution in [0.25, 0.3) is 21.5 Å². The fraction of sp³-hybridized carbons (Fsp3) is 0.644. The molecule has 0 saturated carbocycles. The Hall–Kier alpha value is -3.36. The van der Waals surface area contributed by atoms with E-state index in [1.54, 1.807) is 0 Å². The van der Waals surface area contributed by atoms with Crippen molar-refractivity contribution < 1.29 is 38.0 Å². The van der Waals surface area contributed by atoms with E-state index in [2.05, 4.69) is 52.8 Å². The lowest BCUT2D eigenvalue weighted by atomic mass is 9.99. The smallest absolute Gasteiger partial charge is 0.306 e. The quantitative estimate of drug-likeness (QED) is 0.0380. The molecular weight excluding hydrogens is 668 g/mol. The van der Waals surface area contributed by atoms with Crippen LogP contribution < -0.4 is 9.47 Å². The van der Waals surface area contributed by atoms with Crippen molar-refractivity contribution in [1.29, 1.82) is 0 Å². The molecule has 53 heavy (non-hydrogen) atoms. The number of fused-ring (bicyclic) bond motifs is 2. The Labute approximate surface area is 319 Å². The Morgan fingerprint density at radius 2 is 0.943 bits per heavy atom. The van der Waals surface area contributed by atoms with Gasteiger partial charge in [0.25, 0.3) is 0 Å². The highest BCUT2D eigenvalue weighted by atomic mass is 16.6. The van der Waals surface area contributed by atoms with E-state index in [4.69, 9.17) is 28.4 Å². The van der Waals surface area contributed by atoms with Crippen molar-refractivity contribution in [3.8, 4) is 11.5 Å². The Bertz CT molecular complexity index is 1470. The maximum absolute atomic E-state index is 12.9. The first kappa shape index (κ1) is 44.0. The summed E-state index contributed by atoms with van der Waals surface area (Å²) in [6.07, 6.45) is 14.2. The van der Waals surface area contributed by atoms with Gasteiger partial charge < -0.3 is 28.4 Å². The van der Waals surface area contributed by atoms with Crippen LogP contribution in [0.2, 0.25) is 0 Å². The van der Waals surface area contributed by atoms with Crippen LogP contribution in [0.4, 0.5) is 0 Å². The summed E-state index contributed by atoms with van der Waals surface area (Å²) >= 11 is 0. The summed E-state index contributed by atoms with van der Waals surface area (Å²) in [4.78, 5) is 25.7. The highest BCUT2D eigenvalue weighted by molar-refractivity contribution is 6.11. The molecule has 0 radical (unpaired) electrons. The van der Waals surface area contributed by atoms with E-state index in [0.29, 0.717) is 37.6 Å². The molecule has 0 amide bonds. The standard InChI is InChI=1S/C45H68O8/c1-6-10-14-16-24-42(46)52-36(31-48-28-20-12-8-3)33-50-44-38-22-18-19-23-39(38)45(41-30-35(5)26-27-40(41)44)51-34-37(32-49-29-21-13-9-4)53-43(47)25-17-15-11-7-2/h18-19,22-23,26-27,30,36-37H,6-17,20-21,24-25,28-29,31-34H2,1-5H3. The molecule has 3 aromatic rings. The van der Waals surface area contributed by atoms with Gasteiger partial charge in [-0.25, -0.2) is 0 Å². The van der Waals surface area contributed by atoms with Crippen LogP contribution in [-0.4, -0.2) is 63.8 Å². The lowest BCUT2D eigenvalue weighted by molar-refractivity contribution is -0.155. The van der Waals surface area contributed by atoms with Gasteiger partial charge >= 0.3 is 11.9 Å². The third-order valence-corrected chi connectivity index (χ3v) is 9.36. The molecule has 3 rings (SSSR count). The molecule has 2 atom stereocenters. The average molecular weight is 737 g/mol. The Morgan fingerprint density at radius 1 is 0.509 bits per heavy atom. The highest BCUT2D eigenvalue weighted by Crippen LogP contribution is 2.43. The van der Waals surface area contributed by atoms with Gasteiger partial charge in [0.2, 0.25) is 0 Å².